The number of benzene rings is 4. The van der Waals surface area contributed by atoms with Crippen molar-refractivity contribution < 1.29 is 18.4 Å². The predicted molar refractivity (Wildman–Crippen MR) is 147 cm³/mol. The number of anilines is 2. The molecule has 0 aliphatic rings. The quantitative estimate of drug-likeness (QED) is 0.272. The lowest BCUT2D eigenvalue weighted by Crippen LogP contribution is -2.31. The summed E-state index contributed by atoms with van der Waals surface area (Å²) in [4.78, 5) is 29.8. The van der Waals surface area contributed by atoms with E-state index in [0.717, 1.165) is 17.3 Å². The van der Waals surface area contributed by atoms with Gasteiger partial charge in [0.15, 0.2) is 0 Å². The maximum Gasteiger partial charge on any atom is 0.255 e. The normalized spacial score (nSPS) is 10.7. The number of hydrogen-bond acceptors (Lipinski definition) is 3. The van der Waals surface area contributed by atoms with Crippen molar-refractivity contribution >= 4 is 34.8 Å². The number of carbonyl (C=O) groups excluding carboxylic acids is 2. The molecule has 0 radical (unpaired) electrons. The van der Waals surface area contributed by atoms with Crippen molar-refractivity contribution in [2.45, 2.75) is 13.1 Å². The average molecular weight is 534 g/mol. The van der Waals surface area contributed by atoms with Gasteiger partial charge in [0.25, 0.3) is 11.8 Å². The van der Waals surface area contributed by atoms with Crippen LogP contribution in [0.15, 0.2) is 91.0 Å². The van der Waals surface area contributed by atoms with E-state index >= 15 is 0 Å². The van der Waals surface area contributed by atoms with Gasteiger partial charge in [0.2, 0.25) is 0 Å². The zero-order chi connectivity index (χ0) is 27.2. The summed E-state index contributed by atoms with van der Waals surface area (Å²) in [5, 5.41) is 3.10. The molecule has 5 nitrogen and oxygen atoms in total. The Morgan fingerprint density at radius 3 is 2.21 bits per heavy atom. The molecule has 0 spiro atoms. The Kier molecular flexibility index (Phi) is 8.38. The summed E-state index contributed by atoms with van der Waals surface area (Å²) in [6.45, 7) is 0.284. The molecule has 0 fully saturated rings. The molecule has 0 aromatic heterocycles. The van der Waals surface area contributed by atoms with Gasteiger partial charge < -0.3 is 15.1 Å². The highest BCUT2D eigenvalue weighted by Crippen LogP contribution is 2.27. The van der Waals surface area contributed by atoms with E-state index in [2.05, 4.69) is 5.32 Å². The van der Waals surface area contributed by atoms with Crippen LogP contribution in [0.25, 0.3) is 0 Å². The first-order chi connectivity index (χ1) is 18.2. The molecular weight excluding hydrogens is 508 g/mol. The van der Waals surface area contributed by atoms with Crippen LogP contribution in [0.5, 0.6) is 0 Å². The summed E-state index contributed by atoms with van der Waals surface area (Å²) < 4.78 is 27.6. The Bertz CT molecular complexity index is 1480. The number of nitrogens with one attached hydrogen (secondary N) is 1. The lowest BCUT2D eigenvalue weighted by atomic mass is 10.1. The smallest absolute Gasteiger partial charge is 0.255 e. The predicted octanol–water partition coefficient (Wildman–Crippen LogP) is 6.78. The highest BCUT2D eigenvalue weighted by Gasteiger charge is 2.21. The highest BCUT2D eigenvalue weighted by molar-refractivity contribution is 6.33. The number of amides is 2. The van der Waals surface area contributed by atoms with E-state index in [1.165, 1.54) is 30.3 Å². The fourth-order valence-corrected chi connectivity index (χ4v) is 4.34. The molecule has 2 amide bonds. The van der Waals surface area contributed by atoms with Crippen LogP contribution >= 0.6 is 11.6 Å². The SMILES string of the molecule is CN(C)c1ccc(NC(=O)c2cccc(F)c2)cc1CN(Cc1cccc(F)c1)C(=O)c1ccccc1Cl. The van der Waals surface area contributed by atoms with Gasteiger partial charge in [-0.05, 0) is 71.8 Å². The van der Waals surface area contributed by atoms with Crippen molar-refractivity contribution in [2.24, 2.45) is 0 Å². The molecule has 0 aliphatic heterocycles. The first-order valence-corrected chi connectivity index (χ1v) is 12.2. The fourth-order valence-electron chi connectivity index (χ4n) is 4.13. The standard InChI is InChI=1S/C30H26ClF2N3O2/c1-35(2)28-14-13-25(34-29(37)21-8-6-10-24(33)16-21)17-22(28)19-36(18-20-7-5-9-23(32)15-20)30(38)26-11-3-4-12-27(26)31/h3-17H,18-19H2,1-2H3,(H,34,37). The summed E-state index contributed by atoms with van der Waals surface area (Å²) in [5.41, 5.74) is 3.18. The lowest BCUT2D eigenvalue weighted by Gasteiger charge is -2.27. The maximum atomic E-state index is 13.9. The largest absolute Gasteiger partial charge is 0.377 e. The van der Waals surface area contributed by atoms with Crippen molar-refractivity contribution in [3.8, 4) is 0 Å². The Labute approximate surface area is 225 Å². The van der Waals surface area contributed by atoms with Gasteiger partial charge in [0, 0.05) is 44.1 Å². The molecule has 0 saturated carbocycles. The molecule has 194 valence electrons. The molecule has 0 bridgehead atoms. The fraction of sp³-hybridized carbons (Fsp3) is 0.133. The van der Waals surface area contributed by atoms with Crippen LogP contribution in [0, 0.1) is 11.6 Å². The zero-order valence-electron chi connectivity index (χ0n) is 20.9. The Morgan fingerprint density at radius 2 is 1.53 bits per heavy atom. The summed E-state index contributed by atoms with van der Waals surface area (Å²) >= 11 is 6.34. The van der Waals surface area contributed by atoms with Crippen LogP contribution in [0.2, 0.25) is 5.02 Å². The van der Waals surface area contributed by atoms with Gasteiger partial charge in [0.1, 0.15) is 11.6 Å². The molecule has 0 heterocycles. The highest BCUT2D eigenvalue weighted by atomic mass is 35.5. The molecule has 4 aromatic rings. The summed E-state index contributed by atoms with van der Waals surface area (Å²) in [6, 6.07) is 23.6. The molecule has 8 heteroatoms. The average Bonchev–Trinajstić information content (AvgIpc) is 2.88. The second-order valence-corrected chi connectivity index (χ2v) is 9.38. The Morgan fingerprint density at radius 1 is 0.816 bits per heavy atom. The van der Waals surface area contributed by atoms with E-state index in [9.17, 15) is 18.4 Å². The van der Waals surface area contributed by atoms with Gasteiger partial charge in [-0.1, -0.05) is 41.9 Å². The molecule has 0 atom stereocenters. The number of hydrogen-bond donors (Lipinski definition) is 1. The zero-order valence-corrected chi connectivity index (χ0v) is 21.7. The van der Waals surface area contributed by atoms with Gasteiger partial charge in [-0.15, -0.1) is 0 Å². The van der Waals surface area contributed by atoms with Crippen LogP contribution in [-0.4, -0.2) is 30.8 Å². The van der Waals surface area contributed by atoms with Crippen LogP contribution in [0.1, 0.15) is 31.8 Å². The first kappa shape index (κ1) is 26.8. The molecule has 38 heavy (non-hydrogen) atoms. The van der Waals surface area contributed by atoms with Crippen molar-refractivity contribution in [3.05, 3.63) is 130 Å². The summed E-state index contributed by atoms with van der Waals surface area (Å²) in [5.74, 6) is -1.69. The molecule has 4 rings (SSSR count). The van der Waals surface area contributed by atoms with E-state index < -0.39 is 17.5 Å². The number of rotatable bonds is 8. The monoisotopic (exact) mass is 533 g/mol. The molecule has 1 N–H and O–H groups in total. The van der Waals surface area contributed by atoms with E-state index in [1.54, 1.807) is 53.4 Å². The molecule has 0 aliphatic carbocycles. The number of carbonyl (C=O) groups is 2. The molecule has 0 unspecified atom stereocenters. The number of nitrogens with zero attached hydrogens (tertiary/aromatic N) is 2. The van der Waals surface area contributed by atoms with Crippen LogP contribution in [-0.2, 0) is 13.1 Å². The van der Waals surface area contributed by atoms with E-state index in [1.807, 2.05) is 25.1 Å². The second kappa shape index (κ2) is 11.9. The minimum atomic E-state index is -0.507. The van der Waals surface area contributed by atoms with E-state index in [0.29, 0.717) is 21.8 Å². The maximum absolute atomic E-state index is 13.9. The van der Waals surface area contributed by atoms with E-state index in [-0.39, 0.29) is 24.6 Å². The summed E-state index contributed by atoms with van der Waals surface area (Å²) in [6.07, 6.45) is 0. The third-order valence-corrected chi connectivity index (χ3v) is 6.25. The van der Waals surface area contributed by atoms with Crippen LogP contribution in [0.3, 0.4) is 0 Å². The minimum Gasteiger partial charge on any atom is -0.377 e. The van der Waals surface area contributed by atoms with Gasteiger partial charge >= 0.3 is 0 Å². The molecular formula is C30H26ClF2N3O2. The van der Waals surface area contributed by atoms with Gasteiger partial charge in [-0.3, -0.25) is 9.59 Å². The third kappa shape index (κ3) is 6.55. The van der Waals surface area contributed by atoms with Crippen molar-refractivity contribution in [3.63, 3.8) is 0 Å². The summed E-state index contributed by atoms with van der Waals surface area (Å²) in [7, 11) is 3.74. The number of halogens is 3. The molecule has 0 saturated heterocycles. The Balaban J connectivity index is 1.69. The minimum absolute atomic E-state index is 0.133. The third-order valence-electron chi connectivity index (χ3n) is 5.92. The van der Waals surface area contributed by atoms with Gasteiger partial charge in [0.05, 0.1) is 10.6 Å². The van der Waals surface area contributed by atoms with Crippen LogP contribution < -0.4 is 10.2 Å². The van der Waals surface area contributed by atoms with Crippen molar-refractivity contribution in [1.82, 2.24) is 4.90 Å². The van der Waals surface area contributed by atoms with Crippen molar-refractivity contribution in [1.29, 1.82) is 0 Å². The van der Waals surface area contributed by atoms with E-state index in [4.69, 9.17) is 11.6 Å². The first-order valence-electron chi connectivity index (χ1n) is 11.9. The lowest BCUT2D eigenvalue weighted by molar-refractivity contribution is 0.0730. The van der Waals surface area contributed by atoms with Crippen LogP contribution in [0.4, 0.5) is 20.2 Å². The second-order valence-electron chi connectivity index (χ2n) is 8.97. The topological polar surface area (TPSA) is 52.7 Å². The Hall–Kier alpha value is -4.23. The van der Waals surface area contributed by atoms with Crippen molar-refractivity contribution in [2.75, 3.05) is 24.3 Å². The van der Waals surface area contributed by atoms with Gasteiger partial charge in [-0.2, -0.15) is 0 Å². The van der Waals surface area contributed by atoms with Gasteiger partial charge in [-0.25, -0.2) is 8.78 Å². The molecule has 4 aromatic carbocycles.